The van der Waals surface area contributed by atoms with Crippen molar-refractivity contribution in [2.24, 2.45) is 16.8 Å². The number of urea groups is 1. The van der Waals surface area contributed by atoms with Crippen molar-refractivity contribution in [3.8, 4) is 0 Å². The highest BCUT2D eigenvalue weighted by Crippen LogP contribution is 2.28. The number of aryl methyl sites for hydroxylation is 1. The van der Waals surface area contributed by atoms with Crippen LogP contribution in [-0.2, 0) is 4.79 Å². The number of hydrogen-bond donors (Lipinski definition) is 2. The number of hydrogen-bond acceptors (Lipinski definition) is 4. The predicted octanol–water partition coefficient (Wildman–Crippen LogP) is 2.65. The molecule has 1 fully saturated rings. The Morgan fingerprint density at radius 1 is 1.45 bits per heavy atom. The minimum Gasteiger partial charge on any atom is -0.338 e. The standard InChI is InChI=1S/C16H22N4O2/c1-12-15(6-3-7-18-12)20-16(22)19-10-14-5-2-4-13(8-14)9-17-11-21/h3,6-7,13-14H,2,4-5,8-10H2,1H3,(H2,19,20,22). The van der Waals surface area contributed by atoms with Crippen molar-refractivity contribution < 1.29 is 9.59 Å². The van der Waals surface area contributed by atoms with E-state index >= 15 is 0 Å². The Bertz CT molecular complexity index is 555. The first-order valence-corrected chi connectivity index (χ1v) is 7.69. The molecule has 0 spiro atoms. The number of aromatic nitrogens is 1. The molecule has 22 heavy (non-hydrogen) atoms. The fraction of sp³-hybridized carbons (Fsp3) is 0.562. The monoisotopic (exact) mass is 302 g/mol. The van der Waals surface area contributed by atoms with Crippen molar-refractivity contribution in [1.29, 1.82) is 0 Å². The van der Waals surface area contributed by atoms with Gasteiger partial charge in [-0.1, -0.05) is 6.42 Å². The van der Waals surface area contributed by atoms with Crippen molar-refractivity contribution in [3.63, 3.8) is 0 Å². The minimum absolute atomic E-state index is 0.205. The molecule has 1 heterocycles. The lowest BCUT2D eigenvalue weighted by Crippen LogP contribution is -2.35. The van der Waals surface area contributed by atoms with Crippen LogP contribution in [0.1, 0.15) is 31.4 Å². The summed E-state index contributed by atoms with van der Waals surface area (Å²) in [6.07, 6.45) is 7.62. The Morgan fingerprint density at radius 3 is 3.05 bits per heavy atom. The van der Waals surface area contributed by atoms with Crippen LogP contribution in [0.5, 0.6) is 0 Å². The molecule has 2 amide bonds. The molecule has 2 N–H and O–H groups in total. The van der Waals surface area contributed by atoms with Gasteiger partial charge in [-0.15, -0.1) is 0 Å². The van der Waals surface area contributed by atoms with Gasteiger partial charge in [0.25, 0.3) is 0 Å². The molecule has 6 nitrogen and oxygen atoms in total. The van der Waals surface area contributed by atoms with Crippen molar-refractivity contribution in [2.45, 2.75) is 32.6 Å². The number of rotatable bonds is 5. The van der Waals surface area contributed by atoms with Crippen LogP contribution >= 0.6 is 0 Å². The van der Waals surface area contributed by atoms with Gasteiger partial charge in [-0.25, -0.2) is 14.6 Å². The van der Waals surface area contributed by atoms with Crippen LogP contribution in [0.4, 0.5) is 10.5 Å². The minimum atomic E-state index is -0.205. The van der Waals surface area contributed by atoms with E-state index < -0.39 is 0 Å². The van der Waals surface area contributed by atoms with Gasteiger partial charge >= 0.3 is 6.03 Å². The zero-order valence-electron chi connectivity index (χ0n) is 12.8. The van der Waals surface area contributed by atoms with E-state index in [1.54, 1.807) is 18.3 Å². The summed E-state index contributed by atoms with van der Waals surface area (Å²) < 4.78 is 0. The summed E-state index contributed by atoms with van der Waals surface area (Å²) in [5, 5.41) is 5.73. The number of pyridine rings is 1. The summed E-state index contributed by atoms with van der Waals surface area (Å²) in [6.45, 7) is 3.06. The molecular formula is C16H22N4O2. The van der Waals surface area contributed by atoms with E-state index in [0.717, 1.165) is 37.1 Å². The van der Waals surface area contributed by atoms with Gasteiger partial charge in [0, 0.05) is 12.7 Å². The molecule has 118 valence electrons. The van der Waals surface area contributed by atoms with Crippen molar-refractivity contribution in [1.82, 2.24) is 10.3 Å². The lowest BCUT2D eigenvalue weighted by atomic mass is 9.81. The summed E-state index contributed by atoms with van der Waals surface area (Å²) in [5.74, 6) is 0.881. The second-order valence-electron chi connectivity index (χ2n) is 5.80. The second-order valence-corrected chi connectivity index (χ2v) is 5.80. The van der Waals surface area contributed by atoms with Gasteiger partial charge in [0.2, 0.25) is 6.08 Å². The number of nitrogens with zero attached hydrogens (tertiary/aromatic N) is 2. The molecule has 0 radical (unpaired) electrons. The maximum absolute atomic E-state index is 11.9. The van der Waals surface area contributed by atoms with E-state index in [9.17, 15) is 9.59 Å². The molecule has 0 bridgehead atoms. The average Bonchev–Trinajstić information content (AvgIpc) is 2.53. The third kappa shape index (κ3) is 4.97. The number of amides is 2. The van der Waals surface area contributed by atoms with Crippen LogP contribution in [0, 0.1) is 18.8 Å². The quantitative estimate of drug-likeness (QED) is 0.648. The number of anilines is 1. The summed E-state index contributed by atoms with van der Waals surface area (Å²) in [6, 6.07) is 3.42. The molecule has 0 saturated heterocycles. The van der Waals surface area contributed by atoms with Crippen LogP contribution in [0.3, 0.4) is 0 Å². The maximum atomic E-state index is 11.9. The van der Waals surface area contributed by atoms with Gasteiger partial charge in [-0.2, -0.15) is 0 Å². The van der Waals surface area contributed by atoms with Gasteiger partial charge in [0.1, 0.15) is 0 Å². The molecule has 1 aliphatic carbocycles. The highest BCUT2D eigenvalue weighted by molar-refractivity contribution is 5.89. The van der Waals surface area contributed by atoms with E-state index in [4.69, 9.17) is 0 Å². The zero-order chi connectivity index (χ0) is 15.8. The fourth-order valence-corrected chi connectivity index (χ4v) is 2.94. The highest BCUT2D eigenvalue weighted by Gasteiger charge is 2.22. The van der Waals surface area contributed by atoms with E-state index in [-0.39, 0.29) is 6.03 Å². The van der Waals surface area contributed by atoms with Gasteiger partial charge in [0.05, 0.1) is 17.9 Å². The third-order valence-electron chi connectivity index (χ3n) is 4.11. The lowest BCUT2D eigenvalue weighted by molar-refractivity contribution is 0.239. The van der Waals surface area contributed by atoms with E-state index in [1.165, 1.54) is 0 Å². The van der Waals surface area contributed by atoms with Crippen LogP contribution in [0.25, 0.3) is 0 Å². The molecule has 0 aromatic carbocycles. The predicted molar refractivity (Wildman–Crippen MR) is 84.4 cm³/mol. The molecule has 1 aromatic rings. The van der Waals surface area contributed by atoms with E-state index in [1.807, 2.05) is 13.0 Å². The maximum Gasteiger partial charge on any atom is 0.319 e. The van der Waals surface area contributed by atoms with Gasteiger partial charge in [-0.05, 0) is 50.2 Å². The van der Waals surface area contributed by atoms with Gasteiger partial charge in [-0.3, -0.25) is 4.98 Å². The van der Waals surface area contributed by atoms with Gasteiger partial charge < -0.3 is 10.6 Å². The molecule has 2 atom stereocenters. The highest BCUT2D eigenvalue weighted by atomic mass is 16.2. The number of carbonyl (C=O) groups is 1. The molecule has 0 aliphatic heterocycles. The Morgan fingerprint density at radius 2 is 2.27 bits per heavy atom. The normalized spacial score (nSPS) is 20.8. The largest absolute Gasteiger partial charge is 0.338 e. The third-order valence-corrected chi connectivity index (χ3v) is 4.11. The first-order valence-electron chi connectivity index (χ1n) is 7.69. The summed E-state index contributed by atoms with van der Waals surface area (Å²) in [4.78, 5) is 29.9. The molecule has 2 unspecified atom stereocenters. The molecule has 1 aliphatic rings. The number of aliphatic imine (C=N–C) groups is 1. The Labute approximate surface area is 130 Å². The Hall–Kier alpha value is -2.20. The van der Waals surface area contributed by atoms with Crippen LogP contribution in [-0.4, -0.2) is 30.2 Å². The zero-order valence-corrected chi connectivity index (χ0v) is 12.8. The molecule has 6 heteroatoms. The molecule has 1 aromatic heterocycles. The molecule has 2 rings (SSSR count). The van der Waals surface area contributed by atoms with Crippen LogP contribution in [0.2, 0.25) is 0 Å². The smallest absolute Gasteiger partial charge is 0.319 e. The topological polar surface area (TPSA) is 83.4 Å². The first kappa shape index (κ1) is 16.2. The van der Waals surface area contributed by atoms with Gasteiger partial charge in [0.15, 0.2) is 0 Å². The first-order chi connectivity index (χ1) is 10.7. The fourth-order valence-electron chi connectivity index (χ4n) is 2.94. The summed E-state index contributed by atoms with van der Waals surface area (Å²) in [7, 11) is 0. The van der Waals surface area contributed by atoms with E-state index in [2.05, 4.69) is 20.6 Å². The second kappa shape index (κ2) is 8.29. The van der Waals surface area contributed by atoms with E-state index in [0.29, 0.717) is 24.9 Å². The van der Waals surface area contributed by atoms with Crippen molar-refractivity contribution in [3.05, 3.63) is 24.0 Å². The number of isocyanates is 1. The molecule has 1 saturated carbocycles. The molecular weight excluding hydrogens is 280 g/mol. The Balaban J connectivity index is 1.76. The summed E-state index contributed by atoms with van der Waals surface area (Å²) >= 11 is 0. The van der Waals surface area contributed by atoms with Crippen LogP contribution in [0.15, 0.2) is 23.3 Å². The van der Waals surface area contributed by atoms with Crippen LogP contribution < -0.4 is 10.6 Å². The SMILES string of the molecule is Cc1ncccc1NC(=O)NCC1CCCC(CN=C=O)C1. The Kier molecular flexibility index (Phi) is 6.10. The summed E-state index contributed by atoms with van der Waals surface area (Å²) in [5.41, 5.74) is 1.52. The van der Waals surface area contributed by atoms with Crippen molar-refractivity contribution in [2.75, 3.05) is 18.4 Å². The lowest BCUT2D eigenvalue weighted by Gasteiger charge is -2.28. The number of nitrogens with one attached hydrogen (secondary N) is 2. The van der Waals surface area contributed by atoms with Crippen molar-refractivity contribution >= 4 is 17.8 Å². The average molecular weight is 302 g/mol. The number of carbonyl (C=O) groups excluding carboxylic acids is 2.